The normalized spacial score (nSPS) is 17.4. The summed E-state index contributed by atoms with van der Waals surface area (Å²) in [4.78, 5) is 11.1. The number of morpholine rings is 1. The second-order valence-corrected chi connectivity index (χ2v) is 7.13. The predicted octanol–water partition coefficient (Wildman–Crippen LogP) is 2.41. The number of nitrogens with zero attached hydrogens (tertiary/aromatic N) is 5. The smallest absolute Gasteiger partial charge is 0.226 e. The predicted molar refractivity (Wildman–Crippen MR) is 110 cm³/mol. The molecule has 2 aromatic heterocycles. The molecule has 4 rings (SSSR count). The molecule has 1 aliphatic heterocycles. The van der Waals surface area contributed by atoms with Gasteiger partial charge in [-0.25, -0.2) is 9.37 Å². The minimum atomic E-state index is -0.282. The third-order valence-corrected chi connectivity index (χ3v) is 4.98. The van der Waals surface area contributed by atoms with Crippen LogP contribution in [0, 0.1) is 5.82 Å². The number of ether oxygens (including phenoxy) is 1. The van der Waals surface area contributed by atoms with E-state index in [1.807, 2.05) is 19.4 Å². The lowest BCUT2D eigenvalue weighted by molar-refractivity contribution is -0.00801. The molecule has 3 heterocycles. The molecule has 0 spiro atoms. The lowest BCUT2D eigenvalue weighted by atomic mass is 10.1. The minimum Gasteiger partial charge on any atom is -0.444 e. The zero-order chi connectivity index (χ0) is 20.9. The molecule has 0 radical (unpaired) electrons. The lowest BCUT2D eigenvalue weighted by Crippen LogP contribution is -2.48. The van der Waals surface area contributed by atoms with Gasteiger partial charge in [0.2, 0.25) is 5.89 Å². The van der Waals surface area contributed by atoms with Gasteiger partial charge in [0.05, 0.1) is 25.0 Å². The van der Waals surface area contributed by atoms with Crippen molar-refractivity contribution in [3.63, 3.8) is 0 Å². The first kappa shape index (κ1) is 20.1. The van der Waals surface area contributed by atoms with Crippen LogP contribution in [0.2, 0.25) is 0 Å². The molecule has 1 unspecified atom stereocenters. The van der Waals surface area contributed by atoms with E-state index in [9.17, 15) is 4.39 Å². The van der Waals surface area contributed by atoms with Gasteiger partial charge in [0, 0.05) is 50.9 Å². The van der Waals surface area contributed by atoms with Gasteiger partial charge in [-0.05, 0) is 24.3 Å². The molecule has 9 heteroatoms. The number of aromatic nitrogens is 3. The fourth-order valence-corrected chi connectivity index (χ4v) is 3.43. The van der Waals surface area contributed by atoms with Crippen molar-refractivity contribution >= 4 is 5.96 Å². The molecule has 1 aliphatic rings. The number of aliphatic imine (C=N–C) groups is 1. The van der Waals surface area contributed by atoms with Crippen LogP contribution in [-0.4, -0.2) is 58.9 Å². The van der Waals surface area contributed by atoms with Crippen LogP contribution in [0.25, 0.3) is 11.5 Å². The van der Waals surface area contributed by atoms with E-state index >= 15 is 0 Å². The van der Waals surface area contributed by atoms with Crippen LogP contribution in [-0.2, 0) is 18.2 Å². The van der Waals surface area contributed by atoms with Crippen molar-refractivity contribution in [3.05, 3.63) is 60.0 Å². The molecule has 1 N–H and O–H groups in total. The van der Waals surface area contributed by atoms with Gasteiger partial charge in [0.1, 0.15) is 18.2 Å². The Morgan fingerprint density at radius 3 is 2.90 bits per heavy atom. The molecule has 1 aromatic carbocycles. The van der Waals surface area contributed by atoms with Crippen LogP contribution in [0.3, 0.4) is 0 Å². The SMILES string of the molecule is CN=C(NCCc1coc(-c2ccc(F)cc2)n1)N1CCOC(c2cnn(C)c2)C1. The summed E-state index contributed by atoms with van der Waals surface area (Å²) in [7, 11) is 3.68. The average Bonchev–Trinajstić information content (AvgIpc) is 3.41. The van der Waals surface area contributed by atoms with Crippen molar-refractivity contribution in [1.29, 1.82) is 0 Å². The maximum absolute atomic E-state index is 13.1. The van der Waals surface area contributed by atoms with Crippen LogP contribution >= 0.6 is 0 Å². The molecule has 30 heavy (non-hydrogen) atoms. The Morgan fingerprint density at radius 2 is 2.17 bits per heavy atom. The van der Waals surface area contributed by atoms with Crippen molar-refractivity contribution in [2.45, 2.75) is 12.5 Å². The fraction of sp³-hybridized carbons (Fsp3) is 0.381. The van der Waals surface area contributed by atoms with Gasteiger partial charge in [-0.2, -0.15) is 5.10 Å². The molecular weight excluding hydrogens is 387 g/mol. The van der Waals surface area contributed by atoms with Crippen molar-refractivity contribution in [3.8, 4) is 11.5 Å². The molecule has 8 nitrogen and oxygen atoms in total. The number of benzene rings is 1. The molecule has 1 atom stereocenters. The number of hydrogen-bond donors (Lipinski definition) is 1. The summed E-state index contributed by atoms with van der Waals surface area (Å²) in [5.74, 6) is 1.03. The van der Waals surface area contributed by atoms with Crippen LogP contribution in [0.15, 0.2) is 52.3 Å². The van der Waals surface area contributed by atoms with Crippen molar-refractivity contribution < 1.29 is 13.5 Å². The first-order valence-electron chi connectivity index (χ1n) is 9.88. The van der Waals surface area contributed by atoms with E-state index in [-0.39, 0.29) is 11.9 Å². The maximum Gasteiger partial charge on any atom is 0.226 e. The zero-order valence-corrected chi connectivity index (χ0v) is 17.1. The number of guanidine groups is 1. The summed E-state index contributed by atoms with van der Waals surface area (Å²) >= 11 is 0. The first-order valence-corrected chi connectivity index (χ1v) is 9.88. The quantitative estimate of drug-likeness (QED) is 0.512. The highest BCUT2D eigenvalue weighted by Crippen LogP contribution is 2.22. The van der Waals surface area contributed by atoms with Gasteiger partial charge in [-0.15, -0.1) is 0 Å². The average molecular weight is 412 g/mol. The number of rotatable bonds is 5. The molecule has 0 saturated carbocycles. The number of oxazole rings is 1. The van der Waals surface area contributed by atoms with Crippen LogP contribution in [0.1, 0.15) is 17.4 Å². The van der Waals surface area contributed by atoms with Crippen LogP contribution < -0.4 is 5.32 Å². The van der Waals surface area contributed by atoms with E-state index in [1.165, 1.54) is 12.1 Å². The van der Waals surface area contributed by atoms with Crippen LogP contribution in [0.4, 0.5) is 4.39 Å². The maximum atomic E-state index is 13.1. The van der Waals surface area contributed by atoms with E-state index < -0.39 is 0 Å². The number of nitrogens with one attached hydrogen (secondary N) is 1. The van der Waals surface area contributed by atoms with Gasteiger partial charge in [-0.1, -0.05) is 0 Å². The Labute approximate surface area is 174 Å². The molecule has 158 valence electrons. The monoisotopic (exact) mass is 412 g/mol. The highest BCUT2D eigenvalue weighted by molar-refractivity contribution is 5.80. The molecule has 3 aromatic rings. The number of aryl methyl sites for hydroxylation is 1. The summed E-state index contributed by atoms with van der Waals surface area (Å²) in [5.41, 5.74) is 2.64. The van der Waals surface area contributed by atoms with Crippen molar-refractivity contribution in [2.24, 2.45) is 12.0 Å². The van der Waals surface area contributed by atoms with E-state index in [1.54, 1.807) is 30.1 Å². The first-order chi connectivity index (χ1) is 14.6. The minimum absolute atomic E-state index is 0.0280. The summed E-state index contributed by atoms with van der Waals surface area (Å²) in [5, 5.41) is 7.62. The Bertz CT molecular complexity index is 997. The number of halogens is 1. The zero-order valence-electron chi connectivity index (χ0n) is 17.1. The third kappa shape index (κ3) is 4.68. The summed E-state index contributed by atoms with van der Waals surface area (Å²) in [6.07, 6.45) is 6.11. The van der Waals surface area contributed by atoms with Gasteiger partial charge < -0.3 is 19.4 Å². The van der Waals surface area contributed by atoms with Crippen molar-refractivity contribution in [1.82, 2.24) is 25.0 Å². The molecule has 1 fully saturated rings. The third-order valence-electron chi connectivity index (χ3n) is 4.98. The van der Waals surface area contributed by atoms with Gasteiger partial charge in [0.15, 0.2) is 5.96 Å². The Kier molecular flexibility index (Phi) is 6.08. The standard InChI is InChI=1S/C21H25FN6O2/c1-23-21(28-9-10-29-19(13-28)16-11-25-27(2)12-16)24-8-7-18-14-30-20(26-18)15-3-5-17(22)6-4-15/h3-6,11-12,14,19H,7-10,13H2,1-2H3,(H,23,24). The second kappa shape index (κ2) is 9.08. The molecule has 0 aliphatic carbocycles. The molecular formula is C21H25FN6O2. The van der Waals surface area contributed by atoms with Crippen LogP contribution in [0.5, 0.6) is 0 Å². The Hall–Kier alpha value is -3.20. The van der Waals surface area contributed by atoms with E-state index in [4.69, 9.17) is 9.15 Å². The van der Waals surface area contributed by atoms with Gasteiger partial charge in [-0.3, -0.25) is 9.67 Å². The van der Waals surface area contributed by atoms with E-state index in [0.717, 1.165) is 29.3 Å². The van der Waals surface area contributed by atoms with Gasteiger partial charge >= 0.3 is 0 Å². The molecule has 0 bridgehead atoms. The second-order valence-electron chi connectivity index (χ2n) is 7.13. The Morgan fingerprint density at radius 1 is 1.33 bits per heavy atom. The largest absolute Gasteiger partial charge is 0.444 e. The fourth-order valence-electron chi connectivity index (χ4n) is 3.43. The number of hydrogen-bond acceptors (Lipinski definition) is 5. The summed E-state index contributed by atoms with van der Waals surface area (Å²) < 4.78 is 26.3. The van der Waals surface area contributed by atoms with Gasteiger partial charge in [0.25, 0.3) is 0 Å². The summed E-state index contributed by atoms with van der Waals surface area (Å²) in [6.45, 7) is 2.78. The Balaban J connectivity index is 1.31. The summed E-state index contributed by atoms with van der Waals surface area (Å²) in [6, 6.07) is 6.10. The molecule has 0 amide bonds. The highest BCUT2D eigenvalue weighted by atomic mass is 19.1. The van der Waals surface area contributed by atoms with E-state index in [0.29, 0.717) is 32.0 Å². The van der Waals surface area contributed by atoms with Crippen molar-refractivity contribution in [2.75, 3.05) is 33.3 Å². The highest BCUT2D eigenvalue weighted by Gasteiger charge is 2.25. The topological polar surface area (TPSA) is 80.7 Å². The molecule has 1 saturated heterocycles. The van der Waals surface area contributed by atoms with E-state index in [2.05, 4.69) is 25.3 Å². The lowest BCUT2D eigenvalue weighted by Gasteiger charge is -2.34.